The Morgan fingerprint density at radius 2 is 2.33 bits per heavy atom. The minimum absolute atomic E-state index is 0.504. The van der Waals surface area contributed by atoms with Crippen LogP contribution in [0.25, 0.3) is 0 Å². The number of nitrogens with one attached hydrogen (secondary N) is 1. The van der Waals surface area contributed by atoms with E-state index >= 15 is 0 Å². The summed E-state index contributed by atoms with van der Waals surface area (Å²) in [7, 11) is 0. The first-order valence-corrected chi connectivity index (χ1v) is 4.51. The second-order valence-electron chi connectivity index (χ2n) is 3.53. The summed E-state index contributed by atoms with van der Waals surface area (Å²) in [6, 6.07) is 0. The molecule has 1 aliphatic rings. The van der Waals surface area contributed by atoms with E-state index < -0.39 is 0 Å². The van der Waals surface area contributed by atoms with Crippen molar-refractivity contribution in [2.45, 2.75) is 25.7 Å². The maximum atomic E-state index is 5.68. The molecular weight excluding hydrogens is 172 g/mol. The minimum Gasteiger partial charge on any atom is -0.335 e. The fourth-order valence-electron chi connectivity index (χ4n) is 1.72. The molecule has 3 N–H and O–H groups in total. The highest BCUT2D eigenvalue weighted by molar-refractivity contribution is 7.71. The van der Waals surface area contributed by atoms with Crippen molar-refractivity contribution in [2.24, 2.45) is 5.92 Å². The van der Waals surface area contributed by atoms with Crippen molar-refractivity contribution in [3.8, 4) is 0 Å². The predicted molar refractivity (Wildman–Crippen MR) is 48.7 cm³/mol. The zero-order valence-corrected chi connectivity index (χ0v) is 7.77. The average molecular weight is 184 g/mol. The zero-order valence-electron chi connectivity index (χ0n) is 6.95. The van der Waals surface area contributed by atoms with Crippen molar-refractivity contribution in [3.63, 3.8) is 0 Å². The molecule has 0 radical (unpaired) electrons. The summed E-state index contributed by atoms with van der Waals surface area (Å²) in [6.45, 7) is 2.23. The van der Waals surface area contributed by atoms with Crippen LogP contribution in [0.4, 0.5) is 0 Å². The van der Waals surface area contributed by atoms with Gasteiger partial charge in [-0.2, -0.15) is 5.10 Å². The number of hydrogen-bond donors (Lipinski definition) is 2. The van der Waals surface area contributed by atoms with Crippen LogP contribution in [0.1, 0.15) is 31.5 Å². The zero-order chi connectivity index (χ0) is 8.72. The van der Waals surface area contributed by atoms with E-state index in [1.807, 2.05) is 0 Å². The van der Waals surface area contributed by atoms with Gasteiger partial charge in [-0.05, 0) is 31.0 Å². The largest absolute Gasteiger partial charge is 0.335 e. The Bertz CT molecular complexity index is 333. The smallest absolute Gasteiger partial charge is 0.214 e. The fraction of sp³-hybridized carbons (Fsp3) is 0.714. The molecule has 1 aliphatic carbocycles. The maximum Gasteiger partial charge on any atom is 0.214 e. The van der Waals surface area contributed by atoms with E-state index in [1.54, 1.807) is 0 Å². The Morgan fingerprint density at radius 3 is 2.75 bits per heavy atom. The molecule has 12 heavy (non-hydrogen) atoms. The molecule has 1 aromatic heterocycles. The second-order valence-corrected chi connectivity index (χ2v) is 3.92. The molecule has 66 valence electrons. The monoisotopic (exact) mass is 184 g/mol. The van der Waals surface area contributed by atoms with Crippen molar-refractivity contribution in [1.82, 2.24) is 14.9 Å². The van der Waals surface area contributed by atoms with Crippen molar-refractivity contribution in [2.75, 3.05) is 5.84 Å². The van der Waals surface area contributed by atoms with Crippen LogP contribution in [-0.4, -0.2) is 14.9 Å². The third-order valence-electron chi connectivity index (χ3n) is 2.47. The second kappa shape index (κ2) is 2.58. The van der Waals surface area contributed by atoms with Gasteiger partial charge in [0.15, 0.2) is 5.82 Å². The van der Waals surface area contributed by atoms with Gasteiger partial charge in [-0.3, -0.25) is 5.10 Å². The number of nitrogens with two attached hydrogens (primary N) is 1. The Labute approximate surface area is 75.7 Å². The lowest BCUT2D eigenvalue weighted by Gasteiger charge is -2.31. The Hall–Kier alpha value is -0.840. The number of nitrogen functional groups attached to an aromatic ring is 1. The first-order chi connectivity index (χ1) is 5.68. The van der Waals surface area contributed by atoms with E-state index in [0.29, 0.717) is 10.7 Å². The number of H-pyrrole nitrogens is 1. The molecule has 4 nitrogen and oxygen atoms in total. The Kier molecular flexibility index (Phi) is 1.68. The van der Waals surface area contributed by atoms with Gasteiger partial charge in [0.1, 0.15) is 0 Å². The van der Waals surface area contributed by atoms with E-state index in [1.165, 1.54) is 17.5 Å². The lowest BCUT2D eigenvalue weighted by atomic mass is 9.76. The van der Waals surface area contributed by atoms with Gasteiger partial charge in [0.2, 0.25) is 4.77 Å². The van der Waals surface area contributed by atoms with Gasteiger partial charge in [0, 0.05) is 5.92 Å². The lowest BCUT2D eigenvalue weighted by Crippen LogP contribution is -2.25. The van der Waals surface area contributed by atoms with Crippen LogP contribution in [0.3, 0.4) is 0 Å². The summed E-state index contributed by atoms with van der Waals surface area (Å²) < 4.78 is 1.98. The molecular formula is C7H12N4S. The standard InChI is InChI=1S/C7H12N4S/c1-4-2-5(3-4)6-9-10-7(12)11(6)8/h4-5H,2-3,8H2,1H3,(H,10,12). The number of aromatic nitrogens is 3. The summed E-state index contributed by atoms with van der Waals surface area (Å²) in [5.41, 5.74) is 0. The number of rotatable bonds is 1. The van der Waals surface area contributed by atoms with Crippen LogP contribution in [-0.2, 0) is 0 Å². The van der Waals surface area contributed by atoms with Crippen LogP contribution in [0.15, 0.2) is 0 Å². The van der Waals surface area contributed by atoms with Gasteiger partial charge in [-0.25, -0.2) is 4.68 Å². The van der Waals surface area contributed by atoms with E-state index in [-0.39, 0.29) is 0 Å². The molecule has 5 heteroatoms. The summed E-state index contributed by atoms with van der Waals surface area (Å²) in [6.07, 6.45) is 2.35. The third-order valence-corrected chi connectivity index (χ3v) is 2.76. The topological polar surface area (TPSA) is 59.6 Å². The van der Waals surface area contributed by atoms with Crippen molar-refractivity contribution < 1.29 is 0 Å². The normalized spacial score (nSPS) is 28.4. The van der Waals surface area contributed by atoms with Crippen LogP contribution in [0.5, 0.6) is 0 Å². The fourth-order valence-corrected chi connectivity index (χ4v) is 1.86. The molecule has 1 heterocycles. The first kappa shape index (κ1) is 7.79. The Balaban J connectivity index is 2.24. The molecule has 1 aromatic rings. The van der Waals surface area contributed by atoms with Gasteiger partial charge in [-0.15, -0.1) is 0 Å². The van der Waals surface area contributed by atoms with Gasteiger partial charge in [0.25, 0.3) is 0 Å². The van der Waals surface area contributed by atoms with E-state index in [4.69, 9.17) is 18.1 Å². The molecule has 0 saturated heterocycles. The SMILES string of the molecule is CC1CC(c2n[nH]c(=S)n2N)C1. The predicted octanol–water partition coefficient (Wildman–Crippen LogP) is 1.17. The lowest BCUT2D eigenvalue weighted by molar-refractivity contribution is 0.274. The first-order valence-electron chi connectivity index (χ1n) is 4.11. The van der Waals surface area contributed by atoms with Crippen LogP contribution in [0.2, 0.25) is 0 Å². The average Bonchev–Trinajstić information content (AvgIpc) is 2.28. The highest BCUT2D eigenvalue weighted by Gasteiger charge is 2.30. The molecule has 1 fully saturated rings. The van der Waals surface area contributed by atoms with E-state index in [9.17, 15) is 0 Å². The number of nitrogens with zero attached hydrogens (tertiary/aromatic N) is 2. The Morgan fingerprint density at radius 1 is 1.67 bits per heavy atom. The summed E-state index contributed by atoms with van der Waals surface area (Å²) >= 11 is 4.91. The van der Waals surface area contributed by atoms with Gasteiger partial charge in [-0.1, -0.05) is 6.92 Å². The third kappa shape index (κ3) is 1.04. The molecule has 0 unspecified atom stereocenters. The van der Waals surface area contributed by atoms with Crippen molar-refractivity contribution >= 4 is 12.2 Å². The highest BCUT2D eigenvalue weighted by Crippen LogP contribution is 2.39. The van der Waals surface area contributed by atoms with Crippen molar-refractivity contribution in [1.29, 1.82) is 0 Å². The molecule has 0 atom stereocenters. The van der Waals surface area contributed by atoms with Gasteiger partial charge >= 0.3 is 0 Å². The van der Waals surface area contributed by atoms with Gasteiger partial charge < -0.3 is 5.84 Å². The summed E-state index contributed by atoms with van der Waals surface area (Å²) in [5.74, 6) is 7.90. The minimum atomic E-state index is 0.504. The van der Waals surface area contributed by atoms with Crippen LogP contribution >= 0.6 is 12.2 Å². The van der Waals surface area contributed by atoms with E-state index in [0.717, 1.165) is 11.7 Å². The molecule has 0 amide bonds. The summed E-state index contributed by atoms with van der Waals surface area (Å²) in [4.78, 5) is 0. The highest BCUT2D eigenvalue weighted by atomic mass is 32.1. The molecule has 0 aliphatic heterocycles. The molecule has 0 spiro atoms. The molecule has 2 rings (SSSR count). The van der Waals surface area contributed by atoms with Gasteiger partial charge in [0.05, 0.1) is 0 Å². The molecule has 1 saturated carbocycles. The molecule has 0 aromatic carbocycles. The van der Waals surface area contributed by atoms with Crippen LogP contribution in [0, 0.1) is 10.7 Å². The quantitative estimate of drug-likeness (QED) is 0.508. The van der Waals surface area contributed by atoms with Crippen LogP contribution < -0.4 is 5.84 Å². The maximum absolute atomic E-state index is 5.68. The van der Waals surface area contributed by atoms with Crippen molar-refractivity contribution in [3.05, 3.63) is 10.6 Å². The number of hydrogen-bond acceptors (Lipinski definition) is 3. The molecule has 0 bridgehead atoms. The van der Waals surface area contributed by atoms with E-state index in [2.05, 4.69) is 17.1 Å². The number of aromatic amines is 1. The summed E-state index contributed by atoms with van der Waals surface area (Å²) in [5, 5.41) is 6.78.